The van der Waals surface area contributed by atoms with Crippen LogP contribution in [0.25, 0.3) is 0 Å². The zero-order valence-electron chi connectivity index (χ0n) is 6.98. The molecule has 72 valence electrons. The topological polar surface area (TPSA) is 51.8 Å². The largest absolute Gasteiger partial charge is 0.397 e. The summed E-state index contributed by atoms with van der Waals surface area (Å²) in [5, 5.41) is 3.05. The Morgan fingerprint density at radius 2 is 2.29 bits per heavy atom. The molecule has 2 N–H and O–H groups in total. The van der Waals surface area contributed by atoms with Crippen LogP contribution in [0, 0.1) is 0 Å². The lowest BCUT2D eigenvalue weighted by Crippen LogP contribution is -1.91. The van der Waals surface area contributed by atoms with Crippen molar-refractivity contribution >= 4 is 40.4 Å². The quantitative estimate of drug-likeness (QED) is 0.824. The number of nitrogens with two attached hydrogens (primary N) is 1. The Balaban J connectivity index is 2.28. The third kappa shape index (κ3) is 2.17. The Morgan fingerprint density at radius 1 is 1.43 bits per heavy atom. The average molecular weight is 244 g/mol. The van der Waals surface area contributed by atoms with Crippen molar-refractivity contribution in [1.29, 1.82) is 0 Å². The molecule has 0 amide bonds. The molecule has 0 radical (unpaired) electrons. The van der Waals surface area contributed by atoms with E-state index in [-0.39, 0.29) is 0 Å². The number of pyridine rings is 1. The van der Waals surface area contributed by atoms with Gasteiger partial charge in [-0.15, -0.1) is 11.3 Å². The number of anilines is 1. The van der Waals surface area contributed by atoms with Crippen LogP contribution >= 0.6 is 34.7 Å². The van der Waals surface area contributed by atoms with E-state index in [1.807, 2.05) is 5.38 Å². The van der Waals surface area contributed by atoms with Crippen LogP contribution in [0.2, 0.25) is 5.15 Å². The molecule has 6 heteroatoms. The fourth-order valence-corrected chi connectivity index (χ4v) is 2.62. The van der Waals surface area contributed by atoms with E-state index in [0.29, 0.717) is 15.9 Å². The molecule has 0 aromatic carbocycles. The van der Waals surface area contributed by atoms with Gasteiger partial charge in [-0.25, -0.2) is 9.97 Å². The van der Waals surface area contributed by atoms with E-state index >= 15 is 0 Å². The highest BCUT2D eigenvalue weighted by atomic mass is 35.5. The van der Waals surface area contributed by atoms with Crippen LogP contribution in [0.15, 0.2) is 33.1 Å². The zero-order chi connectivity index (χ0) is 9.97. The van der Waals surface area contributed by atoms with Crippen molar-refractivity contribution in [1.82, 2.24) is 9.97 Å². The molecular formula is C8H6ClN3S2. The van der Waals surface area contributed by atoms with Crippen LogP contribution in [0.3, 0.4) is 0 Å². The average Bonchev–Trinajstić information content (AvgIpc) is 2.64. The smallest absolute Gasteiger partial charge is 0.156 e. The molecule has 2 aromatic heterocycles. The lowest BCUT2D eigenvalue weighted by Gasteiger charge is -2.01. The predicted octanol–water partition coefficient (Wildman–Crippen LogP) is 2.92. The zero-order valence-corrected chi connectivity index (χ0v) is 9.36. The Labute approximate surface area is 94.3 Å². The minimum Gasteiger partial charge on any atom is -0.397 e. The number of rotatable bonds is 2. The van der Waals surface area contributed by atoms with Crippen molar-refractivity contribution < 1.29 is 0 Å². The summed E-state index contributed by atoms with van der Waals surface area (Å²) in [6.07, 6.45) is 1.74. The van der Waals surface area contributed by atoms with Gasteiger partial charge in [0, 0.05) is 11.6 Å². The van der Waals surface area contributed by atoms with Gasteiger partial charge < -0.3 is 5.73 Å². The van der Waals surface area contributed by atoms with Crippen LogP contribution in [0.1, 0.15) is 0 Å². The molecule has 0 saturated carbocycles. The van der Waals surface area contributed by atoms with Crippen molar-refractivity contribution in [2.45, 2.75) is 9.37 Å². The maximum Gasteiger partial charge on any atom is 0.156 e. The molecule has 0 unspecified atom stereocenters. The number of thiazole rings is 1. The molecule has 0 fully saturated rings. The third-order valence-corrected chi connectivity index (χ3v) is 3.56. The molecule has 0 atom stereocenters. The summed E-state index contributed by atoms with van der Waals surface area (Å²) in [6, 6.07) is 3.41. The number of nitrogens with zero attached hydrogens (tertiary/aromatic N) is 2. The molecule has 0 aliphatic heterocycles. The molecular weight excluding hydrogens is 238 g/mol. The highest BCUT2D eigenvalue weighted by Crippen LogP contribution is 2.32. The van der Waals surface area contributed by atoms with Gasteiger partial charge in [0.25, 0.3) is 0 Å². The Bertz CT molecular complexity index is 430. The van der Waals surface area contributed by atoms with Gasteiger partial charge in [0.2, 0.25) is 0 Å². The van der Waals surface area contributed by atoms with E-state index in [1.54, 1.807) is 29.7 Å². The lowest BCUT2D eigenvalue weighted by molar-refractivity contribution is 1.13. The third-order valence-electron chi connectivity index (χ3n) is 1.45. The van der Waals surface area contributed by atoms with Crippen molar-refractivity contribution in [3.05, 3.63) is 28.9 Å². The summed E-state index contributed by atoms with van der Waals surface area (Å²) in [4.78, 5) is 8.24. The first kappa shape index (κ1) is 9.76. The Kier molecular flexibility index (Phi) is 2.90. The molecule has 0 bridgehead atoms. The van der Waals surface area contributed by atoms with Crippen molar-refractivity contribution in [3.8, 4) is 0 Å². The molecule has 0 spiro atoms. The number of halogens is 1. The molecule has 14 heavy (non-hydrogen) atoms. The first-order valence-electron chi connectivity index (χ1n) is 3.75. The summed E-state index contributed by atoms with van der Waals surface area (Å²) < 4.78 is 0.909. The van der Waals surface area contributed by atoms with Crippen molar-refractivity contribution in [3.63, 3.8) is 0 Å². The maximum absolute atomic E-state index is 5.76. The molecule has 2 aromatic rings. The van der Waals surface area contributed by atoms with Crippen LogP contribution < -0.4 is 5.73 Å². The van der Waals surface area contributed by atoms with E-state index in [4.69, 9.17) is 17.3 Å². The number of aromatic nitrogens is 2. The Hall–Kier alpha value is -0.780. The molecule has 2 rings (SSSR count). The summed E-state index contributed by atoms with van der Waals surface area (Å²) in [7, 11) is 0. The number of nitrogen functional groups attached to an aromatic ring is 1. The second kappa shape index (κ2) is 4.16. The standard InChI is InChI=1S/C8H6ClN3S2/c9-6-2-1-5(10)7(12-6)14-8-11-3-4-13-8/h1-4H,10H2. The van der Waals surface area contributed by atoms with Crippen LogP contribution in [0.4, 0.5) is 5.69 Å². The van der Waals surface area contributed by atoms with Crippen LogP contribution in [-0.2, 0) is 0 Å². The van der Waals surface area contributed by atoms with Gasteiger partial charge in [-0.1, -0.05) is 11.6 Å². The van der Waals surface area contributed by atoms with Gasteiger partial charge in [0.1, 0.15) is 10.2 Å². The van der Waals surface area contributed by atoms with E-state index in [1.165, 1.54) is 11.8 Å². The van der Waals surface area contributed by atoms with E-state index in [2.05, 4.69) is 9.97 Å². The van der Waals surface area contributed by atoms with Crippen molar-refractivity contribution in [2.75, 3.05) is 5.73 Å². The van der Waals surface area contributed by atoms with Crippen LogP contribution in [-0.4, -0.2) is 9.97 Å². The predicted molar refractivity (Wildman–Crippen MR) is 59.9 cm³/mol. The summed E-state index contributed by atoms with van der Waals surface area (Å²) >= 11 is 8.73. The minimum absolute atomic E-state index is 0.443. The molecule has 0 aliphatic rings. The fraction of sp³-hybridized carbons (Fsp3) is 0. The van der Waals surface area contributed by atoms with E-state index in [0.717, 1.165) is 4.34 Å². The van der Waals surface area contributed by atoms with E-state index < -0.39 is 0 Å². The summed E-state index contributed by atoms with van der Waals surface area (Å²) in [6.45, 7) is 0. The summed E-state index contributed by atoms with van der Waals surface area (Å²) in [5.74, 6) is 0. The van der Waals surface area contributed by atoms with Gasteiger partial charge >= 0.3 is 0 Å². The SMILES string of the molecule is Nc1ccc(Cl)nc1Sc1nccs1. The van der Waals surface area contributed by atoms with Crippen molar-refractivity contribution in [2.24, 2.45) is 0 Å². The maximum atomic E-state index is 5.76. The highest BCUT2D eigenvalue weighted by molar-refractivity contribution is 8.01. The first-order valence-corrected chi connectivity index (χ1v) is 5.82. The van der Waals surface area contributed by atoms with Crippen LogP contribution in [0.5, 0.6) is 0 Å². The first-order chi connectivity index (χ1) is 6.75. The second-order valence-electron chi connectivity index (χ2n) is 2.43. The normalized spacial score (nSPS) is 10.4. The molecule has 3 nitrogen and oxygen atoms in total. The van der Waals surface area contributed by atoms with Gasteiger partial charge in [-0.05, 0) is 23.9 Å². The summed E-state index contributed by atoms with van der Waals surface area (Å²) in [5.41, 5.74) is 6.36. The van der Waals surface area contributed by atoms with E-state index in [9.17, 15) is 0 Å². The molecule has 0 aliphatic carbocycles. The number of hydrogen-bond donors (Lipinski definition) is 1. The van der Waals surface area contributed by atoms with Gasteiger partial charge in [0.05, 0.1) is 5.69 Å². The Morgan fingerprint density at radius 3 is 3.00 bits per heavy atom. The molecule has 0 saturated heterocycles. The van der Waals surface area contributed by atoms with Gasteiger partial charge in [0.15, 0.2) is 4.34 Å². The molecule has 2 heterocycles. The number of hydrogen-bond acceptors (Lipinski definition) is 5. The van der Waals surface area contributed by atoms with Gasteiger partial charge in [-0.2, -0.15) is 0 Å². The minimum atomic E-state index is 0.443. The lowest BCUT2D eigenvalue weighted by atomic mass is 10.4. The highest BCUT2D eigenvalue weighted by Gasteiger charge is 2.05. The fourth-order valence-electron chi connectivity index (χ4n) is 0.854. The second-order valence-corrected chi connectivity index (χ2v) is 4.95. The van der Waals surface area contributed by atoms with Gasteiger partial charge in [-0.3, -0.25) is 0 Å². The monoisotopic (exact) mass is 243 g/mol.